The molecule has 1 saturated heterocycles. The second-order valence-corrected chi connectivity index (χ2v) is 5.71. The summed E-state index contributed by atoms with van der Waals surface area (Å²) in [6.07, 6.45) is 4.13. The van der Waals surface area contributed by atoms with E-state index in [2.05, 4.69) is 43.4 Å². The van der Waals surface area contributed by atoms with E-state index in [4.69, 9.17) is 0 Å². The summed E-state index contributed by atoms with van der Waals surface area (Å²) in [6.45, 7) is 6.93. The standard InChI is InChI=1S/C17H26N2O/c1-3-10-18-16-8-5-11-19(17(16)20)12-9-15-7-4-6-14(2)13-15/h4,6-7,13,16,18H,3,5,8-12H2,1-2H3. The van der Waals surface area contributed by atoms with Crippen LogP contribution in [-0.4, -0.2) is 36.5 Å². The molecule has 1 N–H and O–H groups in total. The number of amides is 1. The SMILES string of the molecule is CCCNC1CCCN(CCc2cccc(C)c2)C1=O. The molecule has 0 aromatic heterocycles. The van der Waals surface area contributed by atoms with Crippen LogP contribution >= 0.6 is 0 Å². The Hall–Kier alpha value is -1.35. The molecule has 0 spiro atoms. The number of piperidine rings is 1. The molecular formula is C17H26N2O. The highest BCUT2D eigenvalue weighted by molar-refractivity contribution is 5.82. The molecule has 0 saturated carbocycles. The first-order valence-electron chi connectivity index (χ1n) is 7.78. The van der Waals surface area contributed by atoms with Crippen LogP contribution in [0.2, 0.25) is 0 Å². The molecule has 0 aliphatic carbocycles. The molecule has 1 aromatic carbocycles. The second-order valence-electron chi connectivity index (χ2n) is 5.71. The molecule has 3 nitrogen and oxygen atoms in total. The predicted octanol–water partition coefficient (Wildman–Crippen LogP) is 2.53. The summed E-state index contributed by atoms with van der Waals surface area (Å²) >= 11 is 0. The molecule has 1 fully saturated rings. The largest absolute Gasteiger partial charge is 0.341 e. The van der Waals surface area contributed by atoms with Gasteiger partial charge in [-0.05, 0) is 44.7 Å². The van der Waals surface area contributed by atoms with E-state index < -0.39 is 0 Å². The Morgan fingerprint density at radius 2 is 2.25 bits per heavy atom. The molecule has 2 rings (SSSR count). The monoisotopic (exact) mass is 274 g/mol. The number of hydrogen-bond acceptors (Lipinski definition) is 2. The van der Waals surface area contributed by atoms with Crippen LogP contribution in [0.4, 0.5) is 0 Å². The average Bonchev–Trinajstić information content (AvgIpc) is 2.45. The molecule has 1 aliphatic rings. The third kappa shape index (κ3) is 4.07. The van der Waals surface area contributed by atoms with Crippen LogP contribution in [-0.2, 0) is 11.2 Å². The summed E-state index contributed by atoms with van der Waals surface area (Å²) < 4.78 is 0. The van der Waals surface area contributed by atoms with Gasteiger partial charge in [-0.15, -0.1) is 0 Å². The quantitative estimate of drug-likeness (QED) is 0.864. The van der Waals surface area contributed by atoms with Crippen molar-refractivity contribution in [1.82, 2.24) is 10.2 Å². The topological polar surface area (TPSA) is 32.3 Å². The van der Waals surface area contributed by atoms with Gasteiger partial charge in [0.25, 0.3) is 0 Å². The first-order valence-corrected chi connectivity index (χ1v) is 7.78. The summed E-state index contributed by atoms with van der Waals surface area (Å²) in [5.41, 5.74) is 2.61. The van der Waals surface area contributed by atoms with E-state index in [1.807, 2.05) is 4.90 Å². The normalized spacial score (nSPS) is 19.4. The summed E-state index contributed by atoms with van der Waals surface area (Å²) in [6, 6.07) is 8.60. The fourth-order valence-electron chi connectivity index (χ4n) is 2.80. The van der Waals surface area contributed by atoms with Crippen LogP contribution in [0.1, 0.15) is 37.3 Å². The number of carbonyl (C=O) groups is 1. The number of nitrogens with one attached hydrogen (secondary N) is 1. The predicted molar refractivity (Wildman–Crippen MR) is 82.8 cm³/mol. The third-order valence-corrected chi connectivity index (χ3v) is 3.92. The molecule has 1 atom stereocenters. The third-order valence-electron chi connectivity index (χ3n) is 3.92. The van der Waals surface area contributed by atoms with Gasteiger partial charge < -0.3 is 10.2 Å². The van der Waals surface area contributed by atoms with Gasteiger partial charge in [0.2, 0.25) is 5.91 Å². The zero-order valence-corrected chi connectivity index (χ0v) is 12.7. The number of benzene rings is 1. The van der Waals surface area contributed by atoms with Gasteiger partial charge in [0.1, 0.15) is 0 Å². The zero-order chi connectivity index (χ0) is 14.4. The van der Waals surface area contributed by atoms with Crippen molar-refractivity contribution in [2.75, 3.05) is 19.6 Å². The van der Waals surface area contributed by atoms with Crippen molar-refractivity contribution in [1.29, 1.82) is 0 Å². The molecule has 110 valence electrons. The lowest BCUT2D eigenvalue weighted by molar-refractivity contribution is -0.135. The molecular weight excluding hydrogens is 248 g/mol. The minimum Gasteiger partial charge on any atom is -0.341 e. The number of hydrogen-bond donors (Lipinski definition) is 1. The lowest BCUT2D eigenvalue weighted by Gasteiger charge is -2.32. The van der Waals surface area contributed by atoms with Crippen molar-refractivity contribution < 1.29 is 4.79 Å². The fraction of sp³-hybridized carbons (Fsp3) is 0.588. The van der Waals surface area contributed by atoms with Gasteiger partial charge in [-0.25, -0.2) is 0 Å². The molecule has 1 heterocycles. The van der Waals surface area contributed by atoms with Crippen LogP contribution in [0.3, 0.4) is 0 Å². The van der Waals surface area contributed by atoms with Crippen molar-refractivity contribution in [3.05, 3.63) is 35.4 Å². The van der Waals surface area contributed by atoms with Gasteiger partial charge in [-0.2, -0.15) is 0 Å². The highest BCUT2D eigenvalue weighted by Crippen LogP contribution is 2.13. The molecule has 0 bridgehead atoms. The number of aryl methyl sites for hydroxylation is 1. The van der Waals surface area contributed by atoms with Crippen LogP contribution in [0.5, 0.6) is 0 Å². The molecule has 0 radical (unpaired) electrons. The van der Waals surface area contributed by atoms with Gasteiger partial charge in [-0.1, -0.05) is 36.8 Å². The number of rotatable bonds is 6. The van der Waals surface area contributed by atoms with Crippen molar-refractivity contribution in [3.63, 3.8) is 0 Å². The van der Waals surface area contributed by atoms with Gasteiger partial charge in [-0.3, -0.25) is 4.79 Å². The molecule has 1 aliphatic heterocycles. The average molecular weight is 274 g/mol. The Labute approximate surface area is 122 Å². The highest BCUT2D eigenvalue weighted by Gasteiger charge is 2.27. The van der Waals surface area contributed by atoms with E-state index in [-0.39, 0.29) is 11.9 Å². The Balaban J connectivity index is 1.87. The van der Waals surface area contributed by atoms with Gasteiger partial charge in [0, 0.05) is 13.1 Å². The first-order chi connectivity index (χ1) is 9.70. The van der Waals surface area contributed by atoms with E-state index in [1.165, 1.54) is 11.1 Å². The maximum Gasteiger partial charge on any atom is 0.239 e. The van der Waals surface area contributed by atoms with E-state index in [1.54, 1.807) is 0 Å². The Kier molecular flexibility index (Phi) is 5.60. The second kappa shape index (κ2) is 7.44. The number of carbonyl (C=O) groups excluding carboxylic acids is 1. The fourth-order valence-corrected chi connectivity index (χ4v) is 2.80. The van der Waals surface area contributed by atoms with Crippen molar-refractivity contribution >= 4 is 5.91 Å². The van der Waals surface area contributed by atoms with Crippen LogP contribution < -0.4 is 5.32 Å². The van der Waals surface area contributed by atoms with Crippen molar-refractivity contribution in [2.24, 2.45) is 0 Å². The van der Waals surface area contributed by atoms with Crippen LogP contribution in [0, 0.1) is 6.92 Å². The molecule has 3 heteroatoms. The maximum atomic E-state index is 12.4. The van der Waals surface area contributed by atoms with Crippen LogP contribution in [0.25, 0.3) is 0 Å². The summed E-state index contributed by atoms with van der Waals surface area (Å²) in [5.74, 6) is 0.289. The lowest BCUT2D eigenvalue weighted by atomic mass is 10.0. The maximum absolute atomic E-state index is 12.4. The van der Waals surface area contributed by atoms with E-state index >= 15 is 0 Å². The number of likely N-dealkylation sites (tertiary alicyclic amines) is 1. The van der Waals surface area contributed by atoms with Gasteiger partial charge in [0.15, 0.2) is 0 Å². The van der Waals surface area contributed by atoms with E-state index in [0.29, 0.717) is 0 Å². The number of nitrogens with zero attached hydrogens (tertiary/aromatic N) is 1. The van der Waals surface area contributed by atoms with Crippen LogP contribution in [0.15, 0.2) is 24.3 Å². The Morgan fingerprint density at radius 3 is 3.00 bits per heavy atom. The molecule has 1 unspecified atom stereocenters. The Bertz CT molecular complexity index is 444. The van der Waals surface area contributed by atoms with Gasteiger partial charge in [0.05, 0.1) is 6.04 Å². The summed E-state index contributed by atoms with van der Waals surface area (Å²) in [4.78, 5) is 14.4. The minimum absolute atomic E-state index is 0.0428. The summed E-state index contributed by atoms with van der Waals surface area (Å²) in [5, 5.41) is 3.37. The van der Waals surface area contributed by atoms with Gasteiger partial charge >= 0.3 is 0 Å². The molecule has 1 aromatic rings. The molecule has 1 amide bonds. The highest BCUT2D eigenvalue weighted by atomic mass is 16.2. The first kappa shape index (κ1) is 15.0. The zero-order valence-electron chi connectivity index (χ0n) is 12.7. The van der Waals surface area contributed by atoms with Crippen molar-refractivity contribution in [2.45, 2.75) is 45.6 Å². The molecule has 20 heavy (non-hydrogen) atoms. The Morgan fingerprint density at radius 1 is 1.40 bits per heavy atom. The lowest BCUT2D eigenvalue weighted by Crippen LogP contribution is -2.51. The smallest absolute Gasteiger partial charge is 0.239 e. The minimum atomic E-state index is 0.0428. The van der Waals surface area contributed by atoms with E-state index in [9.17, 15) is 4.79 Å². The van der Waals surface area contributed by atoms with E-state index in [0.717, 1.165) is 45.3 Å². The van der Waals surface area contributed by atoms with Crippen molar-refractivity contribution in [3.8, 4) is 0 Å². The summed E-state index contributed by atoms with van der Waals surface area (Å²) in [7, 11) is 0.